The van der Waals surface area contributed by atoms with Crippen molar-refractivity contribution in [2.45, 2.75) is 90.6 Å². The van der Waals surface area contributed by atoms with Crippen molar-refractivity contribution in [3.63, 3.8) is 0 Å². The van der Waals surface area contributed by atoms with Crippen molar-refractivity contribution < 1.29 is 19.0 Å². The van der Waals surface area contributed by atoms with Gasteiger partial charge in [-0.3, -0.25) is 0 Å². The highest BCUT2D eigenvalue weighted by Crippen LogP contribution is 2.45. The molecule has 1 N–H and O–H groups in total. The third-order valence-electron chi connectivity index (χ3n) is 10.6. The van der Waals surface area contributed by atoms with Gasteiger partial charge >= 0.3 is 6.09 Å². The van der Waals surface area contributed by atoms with Crippen LogP contribution >= 0.6 is 0 Å². The summed E-state index contributed by atoms with van der Waals surface area (Å²) in [4.78, 5) is 27.6. The number of ether oxygens (including phenoxy) is 1. The normalized spacial score (nSPS) is 23.5. The van der Waals surface area contributed by atoms with Crippen LogP contribution in [-0.2, 0) is 0 Å². The molecule has 47 heavy (non-hydrogen) atoms. The molecule has 1 amide bonds. The van der Waals surface area contributed by atoms with Crippen molar-refractivity contribution in [3.05, 3.63) is 66.4 Å². The summed E-state index contributed by atoms with van der Waals surface area (Å²) in [7, 11) is 0. The van der Waals surface area contributed by atoms with Crippen LogP contribution in [0.4, 0.5) is 15.0 Å². The van der Waals surface area contributed by atoms with Gasteiger partial charge in [-0.25, -0.2) is 19.2 Å². The predicted octanol–water partition coefficient (Wildman–Crippen LogP) is 8.44. The number of carbonyl (C=O) groups is 1. The Morgan fingerprint density at radius 2 is 1.79 bits per heavy atom. The number of hydrogen-bond acceptors (Lipinski definition) is 6. The topological polar surface area (TPSA) is 82.0 Å². The average Bonchev–Trinajstić information content (AvgIpc) is 3.63. The standard InChI is InChI=1S/C38H50FN5O3/c1-26(2)30-8-6-7-9-31(30)32-20-28(39)12-15-33(32)47-34-21-40-25-41-35(34)43-19-17-38(24-43)16-18-42(23-38)22-27-10-13-29(14-11-27)44(36(45)46)37(3,4)5/h6-9,12,15,20-21,25-27,29H,10-11,13-14,16-19,22-24H2,1-5H3,(H,45,46)/t27-,29-,38?. The lowest BCUT2D eigenvalue weighted by Gasteiger charge is -2.43. The zero-order valence-electron chi connectivity index (χ0n) is 28.6. The largest absolute Gasteiger partial charge is 0.465 e. The van der Waals surface area contributed by atoms with Crippen LogP contribution in [0.2, 0.25) is 0 Å². The molecule has 2 aromatic carbocycles. The van der Waals surface area contributed by atoms with Crippen LogP contribution in [0.1, 0.15) is 84.6 Å². The summed E-state index contributed by atoms with van der Waals surface area (Å²) in [6, 6.07) is 12.9. The van der Waals surface area contributed by atoms with E-state index >= 15 is 0 Å². The summed E-state index contributed by atoms with van der Waals surface area (Å²) in [5.74, 6) is 2.53. The van der Waals surface area contributed by atoms with Gasteiger partial charge < -0.3 is 24.5 Å². The highest BCUT2D eigenvalue weighted by Gasteiger charge is 2.45. The highest BCUT2D eigenvalue weighted by atomic mass is 19.1. The second-order valence-corrected chi connectivity index (χ2v) is 15.3. The second-order valence-electron chi connectivity index (χ2n) is 15.3. The van der Waals surface area contributed by atoms with Crippen molar-refractivity contribution in [2.75, 3.05) is 37.6 Å². The fourth-order valence-corrected chi connectivity index (χ4v) is 8.36. The van der Waals surface area contributed by atoms with Crippen LogP contribution < -0.4 is 9.64 Å². The van der Waals surface area contributed by atoms with Crippen molar-refractivity contribution in [1.29, 1.82) is 0 Å². The summed E-state index contributed by atoms with van der Waals surface area (Å²) >= 11 is 0. The number of carboxylic acid groups (broad SMARTS) is 1. The number of hydrogen-bond donors (Lipinski definition) is 1. The van der Waals surface area contributed by atoms with Crippen molar-refractivity contribution in [3.8, 4) is 22.6 Å². The molecular weight excluding hydrogens is 593 g/mol. The Hall–Kier alpha value is -3.72. The monoisotopic (exact) mass is 643 g/mol. The SMILES string of the molecule is CC(C)c1ccccc1-c1cc(F)ccc1Oc1cncnc1N1CCC2(CCN(C[C@H]3CC[C@H](N(C(=O)O)C(C)(C)C)CC3)C2)C1. The van der Waals surface area contributed by atoms with Crippen molar-refractivity contribution >= 4 is 11.9 Å². The van der Waals surface area contributed by atoms with Gasteiger partial charge in [0.25, 0.3) is 0 Å². The molecule has 9 heteroatoms. The highest BCUT2D eigenvalue weighted by molar-refractivity contribution is 5.75. The van der Waals surface area contributed by atoms with Gasteiger partial charge in [0, 0.05) is 48.7 Å². The molecule has 3 heterocycles. The van der Waals surface area contributed by atoms with E-state index in [9.17, 15) is 14.3 Å². The first kappa shape index (κ1) is 33.2. The molecule has 1 aromatic heterocycles. The Morgan fingerprint density at radius 1 is 1.04 bits per heavy atom. The second kappa shape index (κ2) is 13.4. The van der Waals surface area contributed by atoms with Crippen LogP contribution in [0.15, 0.2) is 55.0 Å². The van der Waals surface area contributed by atoms with E-state index in [0.717, 1.165) is 93.8 Å². The van der Waals surface area contributed by atoms with E-state index in [4.69, 9.17) is 9.72 Å². The number of anilines is 1. The molecule has 0 bridgehead atoms. The molecule has 2 aliphatic heterocycles. The van der Waals surface area contributed by atoms with Crippen LogP contribution in [0.5, 0.6) is 11.5 Å². The zero-order valence-corrected chi connectivity index (χ0v) is 28.6. The molecule has 1 atom stereocenters. The molecular formula is C38H50FN5O3. The first-order chi connectivity index (χ1) is 22.4. The van der Waals surface area contributed by atoms with Gasteiger partial charge in [0.05, 0.1) is 6.20 Å². The van der Waals surface area contributed by atoms with Gasteiger partial charge in [0.1, 0.15) is 17.9 Å². The van der Waals surface area contributed by atoms with E-state index in [2.05, 4.69) is 34.7 Å². The Morgan fingerprint density at radius 3 is 2.51 bits per heavy atom. The van der Waals surface area contributed by atoms with Gasteiger partial charge in [-0.05, 0) is 107 Å². The van der Waals surface area contributed by atoms with Crippen molar-refractivity contribution in [2.24, 2.45) is 11.3 Å². The van der Waals surface area contributed by atoms with Gasteiger partial charge in [-0.2, -0.15) is 0 Å². The predicted molar refractivity (Wildman–Crippen MR) is 184 cm³/mol. The first-order valence-corrected chi connectivity index (χ1v) is 17.3. The lowest BCUT2D eigenvalue weighted by Crippen LogP contribution is -2.52. The summed E-state index contributed by atoms with van der Waals surface area (Å²) in [5, 5.41) is 9.85. The molecule has 0 radical (unpaired) electrons. The van der Waals surface area contributed by atoms with E-state index < -0.39 is 6.09 Å². The molecule has 1 unspecified atom stereocenters. The molecule has 6 rings (SSSR count). The van der Waals surface area contributed by atoms with E-state index in [-0.39, 0.29) is 28.7 Å². The Labute approximate surface area is 279 Å². The minimum absolute atomic E-state index is 0.109. The molecule has 3 fully saturated rings. The molecule has 2 saturated heterocycles. The number of rotatable bonds is 8. The van der Waals surface area contributed by atoms with Crippen molar-refractivity contribution in [1.82, 2.24) is 19.8 Å². The number of nitrogens with zero attached hydrogens (tertiary/aromatic N) is 5. The molecule has 8 nitrogen and oxygen atoms in total. The van der Waals surface area contributed by atoms with Crippen LogP contribution in [0.3, 0.4) is 0 Å². The average molecular weight is 644 g/mol. The lowest BCUT2D eigenvalue weighted by molar-refractivity contribution is 0.0473. The smallest absolute Gasteiger partial charge is 0.407 e. The number of aromatic nitrogens is 2. The zero-order chi connectivity index (χ0) is 33.3. The minimum Gasteiger partial charge on any atom is -0.465 e. The van der Waals surface area contributed by atoms with E-state index in [1.54, 1.807) is 29.6 Å². The summed E-state index contributed by atoms with van der Waals surface area (Å²) in [6.45, 7) is 15.3. The molecule has 1 aliphatic carbocycles. The fraction of sp³-hybridized carbons (Fsp3) is 0.553. The Kier molecular flexibility index (Phi) is 9.47. The Balaban J connectivity index is 1.11. The van der Waals surface area contributed by atoms with E-state index in [1.165, 1.54) is 6.07 Å². The third kappa shape index (κ3) is 7.25. The van der Waals surface area contributed by atoms with Crippen LogP contribution in [0.25, 0.3) is 11.1 Å². The molecule has 1 saturated carbocycles. The van der Waals surface area contributed by atoms with Crippen LogP contribution in [-0.4, -0.2) is 75.3 Å². The maximum atomic E-state index is 14.6. The van der Waals surface area contributed by atoms with E-state index in [0.29, 0.717) is 17.4 Å². The van der Waals surface area contributed by atoms with E-state index in [1.807, 2.05) is 39.0 Å². The summed E-state index contributed by atoms with van der Waals surface area (Å²) < 4.78 is 21.1. The minimum atomic E-state index is -0.806. The number of benzene rings is 2. The van der Waals surface area contributed by atoms with Gasteiger partial charge in [-0.1, -0.05) is 38.1 Å². The molecule has 3 aromatic rings. The first-order valence-electron chi connectivity index (χ1n) is 17.3. The summed E-state index contributed by atoms with van der Waals surface area (Å²) in [6.07, 6.45) is 8.79. The number of likely N-dealkylation sites (tertiary alicyclic amines) is 1. The Bertz CT molecular complexity index is 1570. The van der Waals surface area contributed by atoms with Gasteiger partial charge in [-0.15, -0.1) is 0 Å². The number of halogens is 1. The third-order valence-corrected chi connectivity index (χ3v) is 10.6. The maximum Gasteiger partial charge on any atom is 0.407 e. The van der Waals surface area contributed by atoms with Gasteiger partial charge in [0.2, 0.25) is 0 Å². The molecule has 1 spiro atoms. The molecule has 3 aliphatic rings. The number of amides is 1. The quantitative estimate of drug-likeness (QED) is 0.264. The summed E-state index contributed by atoms with van der Waals surface area (Å²) in [5.41, 5.74) is 2.65. The molecule has 252 valence electrons. The van der Waals surface area contributed by atoms with Crippen LogP contribution in [0, 0.1) is 17.2 Å². The fourth-order valence-electron chi connectivity index (χ4n) is 8.36. The lowest BCUT2D eigenvalue weighted by atomic mass is 9.83. The maximum absolute atomic E-state index is 14.6. The van der Waals surface area contributed by atoms with Gasteiger partial charge in [0.15, 0.2) is 11.6 Å².